The second kappa shape index (κ2) is 10.1. The van der Waals surface area contributed by atoms with Crippen molar-refractivity contribution in [2.45, 2.75) is 88.8 Å². The van der Waals surface area contributed by atoms with E-state index in [1.165, 1.54) is 5.57 Å². The fourth-order valence-corrected chi connectivity index (χ4v) is 5.81. The van der Waals surface area contributed by atoms with E-state index in [9.17, 15) is 4.79 Å². The Balaban J connectivity index is 1.43. The number of rotatable bonds is 10. The van der Waals surface area contributed by atoms with Crippen molar-refractivity contribution in [3.8, 4) is 11.5 Å². The van der Waals surface area contributed by atoms with Crippen LogP contribution in [0.4, 0.5) is 0 Å². The highest BCUT2D eigenvalue weighted by molar-refractivity contribution is 5.71. The molecular formula is C28H40O7. The van der Waals surface area contributed by atoms with E-state index in [-0.39, 0.29) is 53.7 Å². The van der Waals surface area contributed by atoms with Gasteiger partial charge in [0.15, 0.2) is 11.5 Å². The van der Waals surface area contributed by atoms with Crippen molar-refractivity contribution in [1.82, 2.24) is 0 Å². The molecule has 2 unspecified atom stereocenters. The number of epoxide rings is 2. The number of benzene rings is 1. The molecule has 1 saturated carbocycles. The Morgan fingerprint density at radius 2 is 1.91 bits per heavy atom. The van der Waals surface area contributed by atoms with Crippen LogP contribution in [0.15, 0.2) is 29.8 Å². The van der Waals surface area contributed by atoms with E-state index < -0.39 is 0 Å². The molecule has 2 aliphatic heterocycles. The van der Waals surface area contributed by atoms with E-state index in [1.54, 1.807) is 21.3 Å². The summed E-state index contributed by atoms with van der Waals surface area (Å²) < 4.78 is 35.0. The van der Waals surface area contributed by atoms with E-state index in [2.05, 4.69) is 26.8 Å². The minimum absolute atomic E-state index is 0.0189. The molecule has 1 aromatic rings. The van der Waals surface area contributed by atoms with Crippen LogP contribution in [-0.2, 0) is 23.7 Å². The normalized spacial score (nSPS) is 34.1. The Hall–Kier alpha value is -2.09. The summed E-state index contributed by atoms with van der Waals surface area (Å²) >= 11 is 0. The fraction of sp³-hybridized carbons (Fsp3) is 0.679. The highest BCUT2D eigenvalue weighted by Crippen LogP contribution is 2.59. The average molecular weight is 489 g/mol. The van der Waals surface area contributed by atoms with E-state index >= 15 is 0 Å². The first kappa shape index (κ1) is 26.0. The van der Waals surface area contributed by atoms with E-state index in [0.717, 1.165) is 24.8 Å². The molecule has 0 radical (unpaired) electrons. The highest BCUT2D eigenvalue weighted by atomic mass is 16.6. The number of hydrogen-bond donors (Lipinski definition) is 0. The van der Waals surface area contributed by atoms with Gasteiger partial charge in [0.2, 0.25) is 0 Å². The molecular weight excluding hydrogens is 448 g/mol. The van der Waals surface area contributed by atoms with Crippen molar-refractivity contribution in [1.29, 1.82) is 0 Å². The zero-order valence-electron chi connectivity index (χ0n) is 22.1. The smallest absolute Gasteiger partial charge is 0.306 e. The minimum Gasteiger partial charge on any atom is -0.493 e. The third kappa shape index (κ3) is 5.23. The summed E-state index contributed by atoms with van der Waals surface area (Å²) in [5, 5.41) is 0. The predicted octanol–water partition coefficient (Wildman–Crippen LogP) is 4.82. The number of methoxy groups -OCH3 is 3. The first-order valence-electron chi connectivity index (χ1n) is 12.6. The SMILES string of the molecule is COc1ccc(C(C)CC(=O)O[C@@H]2CC[C@]3(CO3)[C@@H](C3(C)O[C@H]3CC=C(C)C)[C@@H]2OC)cc1OC. The van der Waals surface area contributed by atoms with Gasteiger partial charge < -0.3 is 28.4 Å². The molecule has 3 aliphatic rings. The van der Waals surface area contributed by atoms with Gasteiger partial charge in [-0.25, -0.2) is 0 Å². The van der Waals surface area contributed by atoms with E-state index in [4.69, 9.17) is 28.4 Å². The van der Waals surface area contributed by atoms with Crippen molar-refractivity contribution in [3.05, 3.63) is 35.4 Å². The lowest BCUT2D eigenvalue weighted by molar-refractivity contribution is -0.172. The Kier molecular flexibility index (Phi) is 7.51. The monoisotopic (exact) mass is 488 g/mol. The van der Waals surface area contributed by atoms with Gasteiger partial charge in [0.25, 0.3) is 0 Å². The quantitative estimate of drug-likeness (QED) is 0.265. The third-order valence-corrected chi connectivity index (χ3v) is 7.97. The molecule has 1 aromatic carbocycles. The summed E-state index contributed by atoms with van der Waals surface area (Å²) in [5.74, 6) is 1.07. The Labute approximate surface area is 209 Å². The highest BCUT2D eigenvalue weighted by Gasteiger charge is 2.72. The lowest BCUT2D eigenvalue weighted by Crippen LogP contribution is -2.55. The maximum Gasteiger partial charge on any atom is 0.306 e. The Morgan fingerprint density at radius 1 is 1.20 bits per heavy atom. The second-order valence-electron chi connectivity index (χ2n) is 10.6. The zero-order valence-corrected chi connectivity index (χ0v) is 22.1. The van der Waals surface area contributed by atoms with Crippen LogP contribution in [-0.4, -0.2) is 63.4 Å². The summed E-state index contributed by atoms with van der Waals surface area (Å²) in [6, 6.07) is 5.73. The van der Waals surface area contributed by atoms with Gasteiger partial charge in [-0.2, -0.15) is 0 Å². The van der Waals surface area contributed by atoms with Gasteiger partial charge in [-0.15, -0.1) is 0 Å². The lowest BCUT2D eigenvalue weighted by atomic mass is 9.68. The number of allylic oxidation sites excluding steroid dienone is 1. The van der Waals surface area contributed by atoms with Crippen LogP contribution in [0.1, 0.15) is 64.9 Å². The first-order valence-corrected chi connectivity index (χ1v) is 12.6. The van der Waals surface area contributed by atoms with Crippen LogP contribution in [0.25, 0.3) is 0 Å². The first-order chi connectivity index (χ1) is 16.7. The number of hydrogen-bond acceptors (Lipinski definition) is 7. The molecule has 35 heavy (non-hydrogen) atoms. The molecule has 1 aliphatic carbocycles. The molecule has 3 fully saturated rings. The van der Waals surface area contributed by atoms with Gasteiger partial charge in [-0.05, 0) is 63.6 Å². The summed E-state index contributed by atoms with van der Waals surface area (Å²) in [6.07, 6.45) is 4.45. The zero-order chi connectivity index (χ0) is 25.4. The number of ether oxygens (including phenoxy) is 6. The molecule has 2 heterocycles. The molecule has 4 rings (SSSR count). The fourth-order valence-electron chi connectivity index (χ4n) is 5.81. The molecule has 0 aromatic heterocycles. The Morgan fingerprint density at radius 3 is 2.51 bits per heavy atom. The number of carbonyl (C=O) groups is 1. The average Bonchev–Trinajstić information content (AvgIpc) is 3.75. The van der Waals surface area contributed by atoms with Crippen molar-refractivity contribution in [2.24, 2.45) is 5.92 Å². The molecule has 1 spiro atoms. The maximum absolute atomic E-state index is 13.0. The molecule has 7 nitrogen and oxygen atoms in total. The summed E-state index contributed by atoms with van der Waals surface area (Å²) in [7, 11) is 4.91. The van der Waals surface area contributed by atoms with Crippen LogP contribution in [0, 0.1) is 5.92 Å². The van der Waals surface area contributed by atoms with Crippen LogP contribution in [0.3, 0.4) is 0 Å². The molecule has 7 heteroatoms. The molecule has 194 valence electrons. The molecule has 0 N–H and O–H groups in total. The van der Waals surface area contributed by atoms with Gasteiger partial charge in [-0.3, -0.25) is 4.79 Å². The molecule has 0 bridgehead atoms. The summed E-state index contributed by atoms with van der Waals surface area (Å²) in [6.45, 7) is 9.08. The second-order valence-corrected chi connectivity index (χ2v) is 10.6. The van der Waals surface area contributed by atoms with Crippen molar-refractivity contribution in [3.63, 3.8) is 0 Å². The van der Waals surface area contributed by atoms with Crippen LogP contribution in [0.5, 0.6) is 11.5 Å². The Bertz CT molecular complexity index is 949. The van der Waals surface area contributed by atoms with Gasteiger partial charge in [-0.1, -0.05) is 24.6 Å². The number of carbonyl (C=O) groups excluding carboxylic acids is 1. The van der Waals surface area contributed by atoms with Crippen molar-refractivity contribution in [2.75, 3.05) is 27.9 Å². The van der Waals surface area contributed by atoms with Gasteiger partial charge in [0.1, 0.15) is 23.4 Å². The van der Waals surface area contributed by atoms with Crippen LogP contribution in [0.2, 0.25) is 0 Å². The van der Waals surface area contributed by atoms with Gasteiger partial charge in [0.05, 0.1) is 39.3 Å². The van der Waals surface area contributed by atoms with E-state index in [0.29, 0.717) is 18.1 Å². The maximum atomic E-state index is 13.0. The minimum atomic E-state index is -0.346. The summed E-state index contributed by atoms with van der Waals surface area (Å²) in [5.41, 5.74) is 1.70. The lowest BCUT2D eigenvalue weighted by Gasteiger charge is -2.42. The standard InChI is InChI=1S/C28H40O7/c1-17(2)8-11-23-27(4,35-23)26-25(32-7)21(12-13-28(26)16-33-28)34-24(29)14-18(3)19-9-10-20(30-5)22(15-19)31-6/h8-10,15,18,21,23,25-26H,11-14,16H2,1-7H3/t18?,21-,23+,25-,26-,27?,28+/m1/s1. The van der Waals surface area contributed by atoms with Crippen LogP contribution < -0.4 is 9.47 Å². The summed E-state index contributed by atoms with van der Waals surface area (Å²) in [4.78, 5) is 13.0. The van der Waals surface area contributed by atoms with Crippen LogP contribution >= 0.6 is 0 Å². The van der Waals surface area contributed by atoms with Crippen molar-refractivity contribution < 1.29 is 33.2 Å². The van der Waals surface area contributed by atoms with Gasteiger partial charge >= 0.3 is 5.97 Å². The molecule has 2 saturated heterocycles. The largest absolute Gasteiger partial charge is 0.493 e. The van der Waals surface area contributed by atoms with Gasteiger partial charge in [0, 0.05) is 7.11 Å². The predicted molar refractivity (Wildman–Crippen MR) is 132 cm³/mol. The number of esters is 1. The van der Waals surface area contributed by atoms with Crippen molar-refractivity contribution >= 4 is 5.97 Å². The molecule has 7 atom stereocenters. The third-order valence-electron chi connectivity index (χ3n) is 7.97. The topological polar surface area (TPSA) is 79.1 Å². The molecule has 0 amide bonds. The van der Waals surface area contributed by atoms with E-state index in [1.807, 2.05) is 25.1 Å².